The first-order valence-corrected chi connectivity index (χ1v) is 10.2. The van der Waals surface area contributed by atoms with Crippen LogP contribution in [0.1, 0.15) is 40.2 Å². The van der Waals surface area contributed by atoms with E-state index in [2.05, 4.69) is 61.6 Å². The van der Waals surface area contributed by atoms with Crippen LogP contribution in [0.3, 0.4) is 0 Å². The molecule has 0 aromatic heterocycles. The molecule has 2 N–H and O–H groups in total. The Balaban J connectivity index is 1.67. The lowest BCUT2D eigenvalue weighted by Crippen LogP contribution is -2.27. The Morgan fingerprint density at radius 1 is 1.03 bits per heavy atom. The first-order valence-electron chi connectivity index (χ1n) is 10.2. The number of phenolic OH excluding ortho intramolecular Hbond substituents is 1. The molecule has 1 unspecified atom stereocenters. The standard InChI is InChI=1S/C26H29NO3/c1-18-8-7-11-22(19(18)2)23(21-9-5-4-6-10-21)14-15-27-26(29)17-20-12-13-24(28)25(16-20)30-3/h4-13,16,23,28H,14-15,17H2,1-3H3,(H,27,29). The maximum atomic E-state index is 12.5. The molecule has 0 aliphatic heterocycles. The molecule has 0 heterocycles. The maximum Gasteiger partial charge on any atom is 0.224 e. The molecule has 3 aromatic carbocycles. The molecule has 0 bridgehead atoms. The number of amides is 1. The van der Waals surface area contributed by atoms with Gasteiger partial charge in [0.05, 0.1) is 13.5 Å². The molecule has 0 saturated carbocycles. The highest BCUT2D eigenvalue weighted by atomic mass is 16.5. The normalized spacial score (nSPS) is 11.7. The van der Waals surface area contributed by atoms with Crippen molar-refractivity contribution < 1.29 is 14.6 Å². The summed E-state index contributed by atoms with van der Waals surface area (Å²) in [5, 5.41) is 12.7. The van der Waals surface area contributed by atoms with Crippen molar-refractivity contribution in [2.24, 2.45) is 0 Å². The van der Waals surface area contributed by atoms with E-state index in [9.17, 15) is 9.90 Å². The number of rotatable bonds is 8. The summed E-state index contributed by atoms with van der Waals surface area (Å²) in [6.45, 7) is 4.88. The number of aromatic hydroxyl groups is 1. The van der Waals surface area contributed by atoms with Crippen molar-refractivity contribution in [3.63, 3.8) is 0 Å². The lowest BCUT2D eigenvalue weighted by molar-refractivity contribution is -0.120. The zero-order valence-electron chi connectivity index (χ0n) is 17.8. The van der Waals surface area contributed by atoms with E-state index in [4.69, 9.17) is 4.74 Å². The SMILES string of the molecule is COc1cc(CC(=O)NCCC(c2ccccc2)c2cccc(C)c2C)ccc1O. The number of phenols is 1. The van der Waals surface area contributed by atoms with Gasteiger partial charge in [-0.15, -0.1) is 0 Å². The molecule has 0 fully saturated rings. The van der Waals surface area contributed by atoms with E-state index in [1.54, 1.807) is 18.2 Å². The van der Waals surface area contributed by atoms with Crippen LogP contribution in [0.25, 0.3) is 0 Å². The van der Waals surface area contributed by atoms with Gasteiger partial charge in [-0.1, -0.05) is 54.6 Å². The van der Waals surface area contributed by atoms with Crippen LogP contribution in [0.4, 0.5) is 0 Å². The molecular formula is C26H29NO3. The highest BCUT2D eigenvalue weighted by Crippen LogP contribution is 2.31. The summed E-state index contributed by atoms with van der Waals surface area (Å²) in [5.41, 5.74) is 5.94. The fraction of sp³-hybridized carbons (Fsp3) is 0.269. The summed E-state index contributed by atoms with van der Waals surface area (Å²) in [5.74, 6) is 0.621. The number of aryl methyl sites for hydroxylation is 1. The van der Waals surface area contributed by atoms with Gasteiger partial charge in [-0.05, 0) is 60.2 Å². The summed E-state index contributed by atoms with van der Waals surface area (Å²) >= 11 is 0. The van der Waals surface area contributed by atoms with Crippen LogP contribution >= 0.6 is 0 Å². The van der Waals surface area contributed by atoms with E-state index in [0.717, 1.165) is 12.0 Å². The molecule has 4 heteroatoms. The van der Waals surface area contributed by atoms with E-state index >= 15 is 0 Å². The van der Waals surface area contributed by atoms with Crippen LogP contribution in [0, 0.1) is 13.8 Å². The predicted octanol–water partition coefficient (Wildman–Crippen LogP) is 4.90. The topological polar surface area (TPSA) is 58.6 Å². The maximum absolute atomic E-state index is 12.5. The van der Waals surface area contributed by atoms with Crippen LogP contribution in [0.5, 0.6) is 11.5 Å². The van der Waals surface area contributed by atoms with E-state index < -0.39 is 0 Å². The molecule has 0 aliphatic rings. The molecule has 0 radical (unpaired) electrons. The molecule has 1 atom stereocenters. The molecule has 0 saturated heterocycles. The Labute approximate surface area is 178 Å². The number of benzene rings is 3. The van der Waals surface area contributed by atoms with Gasteiger partial charge in [0.25, 0.3) is 0 Å². The summed E-state index contributed by atoms with van der Waals surface area (Å²) < 4.78 is 5.12. The summed E-state index contributed by atoms with van der Waals surface area (Å²) in [7, 11) is 1.50. The molecular weight excluding hydrogens is 374 g/mol. The van der Waals surface area contributed by atoms with Crippen LogP contribution < -0.4 is 10.1 Å². The van der Waals surface area contributed by atoms with Gasteiger partial charge in [-0.3, -0.25) is 4.79 Å². The smallest absolute Gasteiger partial charge is 0.224 e. The molecule has 3 rings (SSSR count). The zero-order chi connectivity index (χ0) is 21.5. The van der Waals surface area contributed by atoms with Crippen LogP contribution in [-0.4, -0.2) is 24.7 Å². The van der Waals surface area contributed by atoms with Crippen LogP contribution in [0.2, 0.25) is 0 Å². The van der Waals surface area contributed by atoms with Gasteiger partial charge in [-0.2, -0.15) is 0 Å². The lowest BCUT2D eigenvalue weighted by atomic mass is 9.85. The van der Waals surface area contributed by atoms with E-state index in [-0.39, 0.29) is 24.0 Å². The average Bonchev–Trinajstić information content (AvgIpc) is 2.75. The van der Waals surface area contributed by atoms with Gasteiger partial charge in [0.2, 0.25) is 5.91 Å². The third-order valence-electron chi connectivity index (χ3n) is 5.59. The van der Waals surface area contributed by atoms with Gasteiger partial charge in [0, 0.05) is 12.5 Å². The summed E-state index contributed by atoms with van der Waals surface area (Å²) in [6.07, 6.45) is 1.06. The molecule has 4 nitrogen and oxygen atoms in total. The monoisotopic (exact) mass is 403 g/mol. The molecule has 3 aromatic rings. The van der Waals surface area contributed by atoms with Crippen molar-refractivity contribution in [3.05, 3.63) is 94.5 Å². The summed E-state index contributed by atoms with van der Waals surface area (Å²) in [6, 6.07) is 21.8. The molecule has 0 spiro atoms. The minimum absolute atomic E-state index is 0.0458. The van der Waals surface area contributed by atoms with Crippen molar-refractivity contribution in [2.75, 3.05) is 13.7 Å². The Morgan fingerprint density at radius 2 is 1.80 bits per heavy atom. The minimum atomic E-state index is -0.0458. The van der Waals surface area contributed by atoms with Crippen molar-refractivity contribution in [1.29, 1.82) is 0 Å². The molecule has 30 heavy (non-hydrogen) atoms. The zero-order valence-corrected chi connectivity index (χ0v) is 17.8. The van der Waals surface area contributed by atoms with Crippen molar-refractivity contribution in [2.45, 2.75) is 32.6 Å². The first-order chi connectivity index (χ1) is 14.5. The molecule has 156 valence electrons. The average molecular weight is 404 g/mol. The van der Waals surface area contributed by atoms with Gasteiger partial charge in [0.1, 0.15) is 0 Å². The highest BCUT2D eigenvalue weighted by Gasteiger charge is 2.17. The Kier molecular flexibility index (Phi) is 7.12. The second-order valence-electron chi connectivity index (χ2n) is 7.57. The Hall–Kier alpha value is -3.27. The second-order valence-corrected chi connectivity index (χ2v) is 7.57. The quantitative estimate of drug-likeness (QED) is 0.562. The van der Waals surface area contributed by atoms with Crippen LogP contribution in [0.15, 0.2) is 66.7 Å². The summed E-state index contributed by atoms with van der Waals surface area (Å²) in [4.78, 5) is 12.5. The molecule has 0 aliphatic carbocycles. The van der Waals surface area contributed by atoms with Gasteiger partial charge >= 0.3 is 0 Å². The first kappa shape index (κ1) is 21.4. The van der Waals surface area contributed by atoms with Gasteiger partial charge in [0.15, 0.2) is 11.5 Å². The largest absolute Gasteiger partial charge is 0.504 e. The third kappa shape index (κ3) is 5.20. The van der Waals surface area contributed by atoms with E-state index in [0.29, 0.717) is 12.3 Å². The molecule has 1 amide bonds. The fourth-order valence-corrected chi connectivity index (χ4v) is 3.77. The number of carbonyl (C=O) groups is 1. The number of carbonyl (C=O) groups excluding carboxylic acids is 1. The fourth-order valence-electron chi connectivity index (χ4n) is 3.77. The van der Waals surface area contributed by atoms with E-state index in [1.165, 1.54) is 29.4 Å². The predicted molar refractivity (Wildman–Crippen MR) is 120 cm³/mol. The lowest BCUT2D eigenvalue weighted by Gasteiger charge is -2.21. The van der Waals surface area contributed by atoms with Gasteiger partial charge < -0.3 is 15.2 Å². The third-order valence-corrected chi connectivity index (χ3v) is 5.59. The number of hydrogen-bond donors (Lipinski definition) is 2. The number of hydrogen-bond acceptors (Lipinski definition) is 3. The number of methoxy groups -OCH3 is 1. The van der Waals surface area contributed by atoms with Gasteiger partial charge in [-0.25, -0.2) is 0 Å². The van der Waals surface area contributed by atoms with Crippen molar-refractivity contribution in [1.82, 2.24) is 5.32 Å². The highest BCUT2D eigenvalue weighted by molar-refractivity contribution is 5.78. The second kappa shape index (κ2) is 9.97. The van der Waals surface area contributed by atoms with E-state index in [1.807, 2.05) is 6.07 Å². The van der Waals surface area contributed by atoms with Crippen molar-refractivity contribution >= 4 is 5.91 Å². The Morgan fingerprint density at radius 3 is 2.53 bits per heavy atom. The number of ether oxygens (including phenoxy) is 1. The number of nitrogens with one attached hydrogen (secondary N) is 1. The Bertz CT molecular complexity index is 998. The minimum Gasteiger partial charge on any atom is -0.504 e. The van der Waals surface area contributed by atoms with Crippen LogP contribution in [-0.2, 0) is 11.2 Å². The van der Waals surface area contributed by atoms with Crippen molar-refractivity contribution in [3.8, 4) is 11.5 Å².